The summed E-state index contributed by atoms with van der Waals surface area (Å²) in [6, 6.07) is 6.19. The second-order valence-electron chi connectivity index (χ2n) is 4.90. The maximum atomic E-state index is 13.6. The number of benzene rings is 1. The average molecular weight is 277 g/mol. The first-order valence-electron chi connectivity index (χ1n) is 6.44. The molecule has 106 valence electrons. The van der Waals surface area contributed by atoms with Crippen molar-refractivity contribution in [2.45, 2.75) is 25.8 Å². The molecule has 0 heterocycles. The third-order valence-electron chi connectivity index (χ3n) is 3.22. The van der Waals surface area contributed by atoms with Crippen LogP contribution >= 0.6 is 0 Å². The molecule has 1 amide bonds. The number of aliphatic carboxylic acids is 1. The molecule has 0 atom stereocenters. The monoisotopic (exact) mass is 277 g/mol. The minimum Gasteiger partial charge on any atom is -0.480 e. The largest absolute Gasteiger partial charge is 0.480 e. The molecular weight excluding hydrogens is 261 g/mol. The summed E-state index contributed by atoms with van der Waals surface area (Å²) >= 11 is 0. The van der Waals surface area contributed by atoms with E-state index in [1.165, 1.54) is 17.0 Å². The van der Waals surface area contributed by atoms with Crippen molar-refractivity contribution in [3.05, 3.63) is 41.7 Å². The van der Waals surface area contributed by atoms with Crippen molar-refractivity contribution in [1.29, 1.82) is 0 Å². The lowest BCUT2D eigenvalue weighted by Crippen LogP contribution is -2.36. The number of carbonyl (C=O) groups is 2. The van der Waals surface area contributed by atoms with Gasteiger partial charge in [-0.05, 0) is 31.4 Å². The molecule has 5 heteroatoms. The lowest BCUT2D eigenvalue weighted by molar-refractivity contribution is -0.143. The zero-order valence-corrected chi connectivity index (χ0v) is 11.2. The van der Waals surface area contributed by atoms with Gasteiger partial charge in [-0.1, -0.05) is 18.2 Å². The Balaban J connectivity index is 2.17. The Bertz CT molecular complexity index is 564. The van der Waals surface area contributed by atoms with Gasteiger partial charge < -0.3 is 10.0 Å². The normalized spacial score (nSPS) is 15.0. The minimum atomic E-state index is -1.04. The summed E-state index contributed by atoms with van der Waals surface area (Å²) in [5.74, 6) is -1.82. The van der Waals surface area contributed by atoms with E-state index in [2.05, 4.69) is 0 Å². The van der Waals surface area contributed by atoms with E-state index in [0.29, 0.717) is 11.1 Å². The summed E-state index contributed by atoms with van der Waals surface area (Å²) in [5, 5.41) is 8.83. The van der Waals surface area contributed by atoms with Crippen molar-refractivity contribution >= 4 is 17.4 Å². The van der Waals surface area contributed by atoms with Crippen molar-refractivity contribution in [3.8, 4) is 0 Å². The van der Waals surface area contributed by atoms with Gasteiger partial charge in [-0.25, -0.2) is 4.39 Å². The second kappa shape index (κ2) is 5.86. The lowest BCUT2D eigenvalue weighted by Gasteiger charge is -2.18. The molecule has 0 aliphatic heterocycles. The zero-order chi connectivity index (χ0) is 14.7. The van der Waals surface area contributed by atoms with Crippen LogP contribution in [0, 0.1) is 5.82 Å². The van der Waals surface area contributed by atoms with E-state index in [9.17, 15) is 14.0 Å². The maximum absolute atomic E-state index is 13.6. The van der Waals surface area contributed by atoms with Gasteiger partial charge in [0.25, 0.3) is 0 Å². The van der Waals surface area contributed by atoms with Crippen molar-refractivity contribution in [2.75, 3.05) is 6.54 Å². The Morgan fingerprint density at radius 1 is 1.40 bits per heavy atom. The SMILES string of the molecule is C/C(=C\C(=O)N(CC(=O)O)C1CC1)c1ccccc1F. The number of nitrogens with zero attached hydrogens (tertiary/aromatic N) is 1. The van der Waals surface area contributed by atoms with Crippen molar-refractivity contribution in [1.82, 2.24) is 4.90 Å². The minimum absolute atomic E-state index is 0.00303. The number of carbonyl (C=O) groups excluding carboxylic acids is 1. The molecular formula is C15H16FNO3. The Morgan fingerprint density at radius 3 is 2.60 bits per heavy atom. The summed E-state index contributed by atoms with van der Waals surface area (Å²) in [4.78, 5) is 24.2. The topological polar surface area (TPSA) is 57.6 Å². The van der Waals surface area contributed by atoms with Crippen LogP contribution in [0.2, 0.25) is 0 Å². The molecule has 2 rings (SSSR count). The van der Waals surface area contributed by atoms with Crippen LogP contribution in [0.1, 0.15) is 25.3 Å². The van der Waals surface area contributed by atoms with E-state index in [1.807, 2.05) is 0 Å². The molecule has 0 unspecified atom stereocenters. The van der Waals surface area contributed by atoms with Gasteiger partial charge in [0, 0.05) is 17.7 Å². The van der Waals surface area contributed by atoms with Gasteiger partial charge in [0.15, 0.2) is 0 Å². The number of carboxylic acids is 1. The molecule has 1 fully saturated rings. The molecule has 1 aromatic carbocycles. The molecule has 4 nitrogen and oxygen atoms in total. The quantitative estimate of drug-likeness (QED) is 0.840. The molecule has 1 aromatic rings. The number of rotatable bonds is 5. The number of halogens is 1. The van der Waals surface area contributed by atoms with E-state index in [0.717, 1.165) is 12.8 Å². The predicted molar refractivity (Wildman–Crippen MR) is 72.4 cm³/mol. The highest BCUT2D eigenvalue weighted by Gasteiger charge is 2.33. The molecule has 1 aliphatic carbocycles. The van der Waals surface area contributed by atoms with Crippen LogP contribution in [0.3, 0.4) is 0 Å². The van der Waals surface area contributed by atoms with Gasteiger partial charge in [-0.15, -0.1) is 0 Å². The van der Waals surface area contributed by atoms with Crippen LogP contribution in [0.25, 0.3) is 5.57 Å². The van der Waals surface area contributed by atoms with Gasteiger partial charge in [-0.3, -0.25) is 9.59 Å². The average Bonchev–Trinajstić information content (AvgIpc) is 3.20. The third-order valence-corrected chi connectivity index (χ3v) is 3.22. The first-order chi connectivity index (χ1) is 9.49. The smallest absolute Gasteiger partial charge is 0.323 e. The molecule has 0 radical (unpaired) electrons. The Morgan fingerprint density at radius 2 is 2.05 bits per heavy atom. The highest BCUT2D eigenvalue weighted by Crippen LogP contribution is 2.27. The van der Waals surface area contributed by atoms with Gasteiger partial charge in [0.1, 0.15) is 12.4 Å². The van der Waals surface area contributed by atoms with Crippen LogP contribution in [-0.2, 0) is 9.59 Å². The Kier molecular flexibility index (Phi) is 4.17. The zero-order valence-electron chi connectivity index (χ0n) is 11.2. The first-order valence-corrected chi connectivity index (χ1v) is 6.44. The van der Waals surface area contributed by atoms with Gasteiger partial charge in [-0.2, -0.15) is 0 Å². The van der Waals surface area contributed by atoms with Crippen LogP contribution in [-0.4, -0.2) is 34.5 Å². The van der Waals surface area contributed by atoms with Crippen molar-refractivity contribution < 1.29 is 19.1 Å². The summed E-state index contributed by atoms with van der Waals surface area (Å²) in [7, 11) is 0. The van der Waals surface area contributed by atoms with Crippen LogP contribution in [0.5, 0.6) is 0 Å². The molecule has 0 saturated heterocycles. The van der Waals surface area contributed by atoms with Crippen LogP contribution in [0.4, 0.5) is 4.39 Å². The molecule has 20 heavy (non-hydrogen) atoms. The second-order valence-corrected chi connectivity index (χ2v) is 4.90. The Hall–Kier alpha value is -2.17. The molecule has 1 N–H and O–H groups in total. The molecule has 1 saturated carbocycles. The van der Waals surface area contributed by atoms with E-state index in [4.69, 9.17) is 5.11 Å². The predicted octanol–water partition coefficient (Wildman–Crippen LogP) is 2.30. The molecule has 0 bridgehead atoms. The number of hydrogen-bond acceptors (Lipinski definition) is 2. The summed E-state index contributed by atoms with van der Waals surface area (Å²) in [5.41, 5.74) is 0.844. The Labute approximate surface area is 116 Å². The standard InChI is InChI=1S/C15H16FNO3/c1-10(12-4-2-3-5-13(12)16)8-14(18)17(9-15(19)20)11-6-7-11/h2-5,8,11H,6-7,9H2,1H3,(H,19,20)/b10-8+. The number of carboxylic acid groups (broad SMARTS) is 1. The van der Waals surface area contributed by atoms with Crippen molar-refractivity contribution in [3.63, 3.8) is 0 Å². The summed E-state index contributed by atoms with van der Waals surface area (Å²) in [6.45, 7) is 1.33. The van der Waals surface area contributed by atoms with Crippen LogP contribution in [0.15, 0.2) is 30.3 Å². The fourth-order valence-corrected chi connectivity index (χ4v) is 2.05. The van der Waals surface area contributed by atoms with Gasteiger partial charge in [0.05, 0.1) is 0 Å². The van der Waals surface area contributed by atoms with Gasteiger partial charge in [0.2, 0.25) is 5.91 Å². The maximum Gasteiger partial charge on any atom is 0.323 e. The number of hydrogen-bond donors (Lipinski definition) is 1. The lowest BCUT2D eigenvalue weighted by atomic mass is 10.1. The van der Waals surface area contributed by atoms with E-state index in [-0.39, 0.29) is 18.5 Å². The summed E-state index contributed by atoms with van der Waals surface area (Å²) < 4.78 is 13.6. The first kappa shape index (κ1) is 14.2. The summed E-state index contributed by atoms with van der Waals surface area (Å²) in [6.07, 6.45) is 2.96. The van der Waals surface area contributed by atoms with Crippen molar-refractivity contribution in [2.24, 2.45) is 0 Å². The highest BCUT2D eigenvalue weighted by atomic mass is 19.1. The third kappa shape index (κ3) is 3.44. The van der Waals surface area contributed by atoms with E-state index < -0.39 is 11.8 Å². The van der Waals surface area contributed by atoms with E-state index in [1.54, 1.807) is 25.1 Å². The number of allylic oxidation sites excluding steroid dienone is 1. The molecule has 0 aromatic heterocycles. The van der Waals surface area contributed by atoms with Crippen LogP contribution < -0.4 is 0 Å². The number of amides is 1. The fraction of sp³-hybridized carbons (Fsp3) is 0.333. The fourth-order valence-electron chi connectivity index (χ4n) is 2.05. The highest BCUT2D eigenvalue weighted by molar-refractivity contribution is 5.96. The molecule has 0 spiro atoms. The van der Waals surface area contributed by atoms with Gasteiger partial charge >= 0.3 is 5.97 Å². The van der Waals surface area contributed by atoms with E-state index >= 15 is 0 Å². The molecule has 1 aliphatic rings.